The summed E-state index contributed by atoms with van der Waals surface area (Å²) in [4.78, 5) is 21.8. The number of carbonyl (C=O) groups excluding carboxylic acids is 2. The van der Waals surface area contributed by atoms with E-state index in [9.17, 15) is 18.0 Å². The van der Waals surface area contributed by atoms with Gasteiger partial charge in [-0.2, -0.15) is 17.7 Å². The lowest BCUT2D eigenvalue weighted by atomic mass is 10.1. The molecule has 0 aliphatic carbocycles. The second-order valence-electron chi connectivity index (χ2n) is 6.41. The average Bonchev–Trinajstić information content (AvgIpc) is 3.19. The molecule has 0 saturated heterocycles. The summed E-state index contributed by atoms with van der Waals surface area (Å²) in [7, 11) is 0. The fourth-order valence-corrected chi connectivity index (χ4v) is 2.77. The van der Waals surface area contributed by atoms with Crippen LogP contribution in [0.2, 0.25) is 9.26 Å². The number of anilines is 2. The topological polar surface area (TPSA) is 114 Å². The van der Waals surface area contributed by atoms with Gasteiger partial charge in [-0.05, 0) is 37.3 Å². The van der Waals surface area contributed by atoms with Crippen molar-refractivity contribution in [3.05, 3.63) is 65.2 Å². The highest BCUT2D eigenvalue weighted by Gasteiger charge is 2.33. The molecule has 168 valence electrons. The highest BCUT2D eigenvalue weighted by atomic mass is 35.5. The van der Waals surface area contributed by atoms with E-state index >= 15 is 0 Å². The largest absolute Gasteiger partial charge is 0.542 e. The molecule has 8 nitrogen and oxygen atoms in total. The molecule has 0 fully saturated rings. The Labute approximate surface area is 192 Å². The second-order valence-corrected chi connectivity index (χ2v) is 6.84. The highest BCUT2D eigenvalue weighted by molar-refractivity contribution is 6.30. The van der Waals surface area contributed by atoms with Crippen LogP contribution in [0.5, 0.6) is 0 Å². The summed E-state index contributed by atoms with van der Waals surface area (Å²) in [6, 6.07) is 9.72. The smallest absolute Gasteiger partial charge is 0.430 e. The van der Waals surface area contributed by atoms with Crippen molar-refractivity contribution in [2.45, 2.75) is 25.5 Å². The van der Waals surface area contributed by atoms with Crippen LogP contribution in [-0.4, -0.2) is 28.2 Å². The minimum absolute atomic E-state index is 0.00882. The van der Waals surface area contributed by atoms with Crippen LogP contribution in [0.3, 0.4) is 0 Å². The van der Waals surface area contributed by atoms with E-state index in [-0.39, 0.29) is 17.2 Å². The Hall–Kier alpha value is -3.60. The van der Waals surface area contributed by atoms with Crippen LogP contribution in [0.15, 0.2) is 48.8 Å². The zero-order valence-corrected chi connectivity index (χ0v) is 16.9. The number of nitrogens with one attached hydrogen (secondary N) is 3. The van der Waals surface area contributed by atoms with E-state index in [4.69, 9.17) is 28.5 Å². The molecule has 0 spiro atoms. The Balaban J connectivity index is 0.000000479. The van der Waals surface area contributed by atoms with Crippen molar-refractivity contribution in [2.75, 3.05) is 10.6 Å². The van der Waals surface area contributed by atoms with Gasteiger partial charge < -0.3 is 20.5 Å². The highest BCUT2D eigenvalue weighted by Crippen LogP contribution is 2.30. The number of benzene rings is 2. The Kier molecular flexibility index (Phi) is 4.93. The molecule has 1 unspecified atom stereocenters. The van der Waals surface area contributed by atoms with Gasteiger partial charge in [0, 0.05) is 18.6 Å². The van der Waals surface area contributed by atoms with Crippen molar-refractivity contribution in [3.63, 3.8) is 0 Å². The second kappa shape index (κ2) is 9.27. The number of carboxylic acid groups (broad SMARTS) is 1. The number of nitrogens with zero attached hydrogens (tertiary/aromatic N) is 2. The number of aryl methyl sites for hydroxylation is 1. The lowest BCUT2D eigenvalue weighted by Gasteiger charge is -2.23. The van der Waals surface area contributed by atoms with Gasteiger partial charge in [0.05, 0.1) is 12.1 Å². The van der Waals surface area contributed by atoms with Gasteiger partial charge in [0.2, 0.25) is 12.2 Å². The molecule has 1 aromatic heterocycles. The van der Waals surface area contributed by atoms with Crippen molar-refractivity contribution in [1.82, 2.24) is 10.2 Å². The van der Waals surface area contributed by atoms with Gasteiger partial charge in [0.25, 0.3) is 0 Å². The third-order valence-corrected chi connectivity index (χ3v) is 4.28. The van der Waals surface area contributed by atoms with Gasteiger partial charge >= 0.3 is 13.4 Å². The SMILES string of the molecule is O=C([O-])C(F)(F)F.[2H]N(C(=O)C([2H])([2H])C1c2nn([2H])c[n+]2-c2ccc(Cl)cc2N1[2H])c1ccc(C)cc1. The predicted molar refractivity (Wildman–Crippen MR) is 107 cm³/mol. The number of carbonyl (C=O) groups is 2. The first-order valence-corrected chi connectivity index (χ1v) is 9.20. The minimum atomic E-state index is -5.19. The average molecular weight is 473 g/mol. The number of hydrogen-bond acceptors (Lipinski definition) is 5. The number of rotatable bonds is 3. The van der Waals surface area contributed by atoms with Gasteiger partial charge in [-0.3, -0.25) is 4.79 Å². The Morgan fingerprint density at radius 3 is 2.62 bits per heavy atom. The van der Waals surface area contributed by atoms with Crippen molar-refractivity contribution >= 4 is 34.9 Å². The summed E-state index contributed by atoms with van der Waals surface area (Å²) in [5.41, 5.74) is 1.86. The minimum Gasteiger partial charge on any atom is -0.542 e. The summed E-state index contributed by atoms with van der Waals surface area (Å²) in [6.07, 6.45) is -6.61. The number of H-pyrrole nitrogens is 1. The van der Waals surface area contributed by atoms with E-state index in [1.165, 1.54) is 17.0 Å². The molecule has 2 heterocycles. The number of fused-ring (bicyclic) bond motifs is 3. The third-order valence-electron chi connectivity index (χ3n) is 4.04. The summed E-state index contributed by atoms with van der Waals surface area (Å²) in [5.74, 6) is -4.18. The fourth-order valence-electron chi connectivity index (χ4n) is 2.60. The Morgan fingerprint density at radius 2 is 2.00 bits per heavy atom. The number of halogens is 4. The molecule has 0 bridgehead atoms. The normalized spacial score (nSPS) is 17.2. The number of alkyl halides is 3. The maximum Gasteiger partial charge on any atom is 0.430 e. The maximum atomic E-state index is 13.0. The fraction of sp³-hybridized carbons (Fsp3) is 0.200. The summed E-state index contributed by atoms with van der Waals surface area (Å²) in [5, 5.41) is 15.1. The number of hydrogen-bond donors (Lipinski definition) is 3. The number of aliphatic carboxylic acids is 1. The van der Waals surface area contributed by atoms with Gasteiger partial charge in [0.1, 0.15) is 17.7 Å². The first kappa shape index (κ1) is 17.0. The van der Waals surface area contributed by atoms with E-state index in [1.807, 2.05) is 6.92 Å². The number of amides is 1. The summed E-state index contributed by atoms with van der Waals surface area (Å²) >= 11 is 6.07. The monoisotopic (exact) mass is 472 g/mol. The molecule has 32 heavy (non-hydrogen) atoms. The van der Waals surface area contributed by atoms with Gasteiger partial charge in [-0.15, -0.1) is 5.09 Å². The van der Waals surface area contributed by atoms with E-state index in [1.54, 1.807) is 36.4 Å². The van der Waals surface area contributed by atoms with Crippen LogP contribution in [0.25, 0.3) is 5.69 Å². The van der Waals surface area contributed by atoms with E-state index in [0.29, 0.717) is 16.0 Å². The third kappa shape index (κ3) is 5.55. The van der Waals surface area contributed by atoms with E-state index in [2.05, 4.69) is 5.10 Å². The van der Waals surface area contributed by atoms with Gasteiger partial charge in [-0.1, -0.05) is 29.3 Å². The molecule has 1 atom stereocenters. The molecule has 1 amide bonds. The molecule has 2 aromatic carbocycles. The zero-order valence-electron chi connectivity index (χ0n) is 21.2. The lowest BCUT2D eigenvalue weighted by Crippen LogP contribution is -2.42. The predicted octanol–water partition coefficient (Wildman–Crippen LogP) is 2.44. The molecule has 3 aromatic rings. The zero-order chi connectivity index (χ0) is 27.9. The standard InChI is InChI=1S/C18H16ClN5O.C2HF3O2/c1-11-2-5-13(6-3-11)21-17(25)9-15-18-23-20-10-24(18)16-7-4-12(19)8-14(16)22-15;3-2(4,5)1(6)7/h2-8,10,15,22H,9H2,1H3,(H,21,25);(H,6,7)/i9D2;/hD3. The maximum absolute atomic E-state index is 13.0. The van der Waals surface area contributed by atoms with Crippen LogP contribution in [-0.2, 0) is 9.59 Å². The molecule has 1 aliphatic rings. The lowest BCUT2D eigenvalue weighted by molar-refractivity contribution is -0.606. The molecule has 4 rings (SSSR count). The Bertz CT molecular complexity index is 1340. The first-order chi connectivity index (χ1) is 17.1. The van der Waals surface area contributed by atoms with Crippen LogP contribution >= 0.6 is 11.6 Å². The number of aromatic nitrogens is 3. The molecule has 3 N–H and O–H groups in total. The molecule has 0 saturated carbocycles. The van der Waals surface area contributed by atoms with Gasteiger partial charge in [-0.25, -0.2) is 0 Å². The van der Waals surface area contributed by atoms with Crippen molar-refractivity contribution in [2.24, 2.45) is 0 Å². The van der Waals surface area contributed by atoms with Crippen molar-refractivity contribution in [1.29, 1.82) is 0 Å². The van der Waals surface area contributed by atoms with Crippen molar-refractivity contribution in [3.8, 4) is 5.69 Å². The summed E-state index contributed by atoms with van der Waals surface area (Å²) < 4.78 is 74.6. The number of aromatic amines is 1. The quantitative estimate of drug-likeness (QED) is 0.507. The summed E-state index contributed by atoms with van der Waals surface area (Å²) in [6.45, 7) is 1.86. The van der Waals surface area contributed by atoms with Crippen LogP contribution in [0.4, 0.5) is 24.5 Å². The molecule has 1 aliphatic heterocycles. The van der Waals surface area contributed by atoms with Crippen LogP contribution in [0, 0.1) is 6.92 Å². The van der Waals surface area contributed by atoms with Crippen LogP contribution < -0.4 is 20.3 Å². The number of carboxylic acids is 1. The molecule has 0 radical (unpaired) electrons. The first-order valence-electron chi connectivity index (χ1n) is 11.2. The molecule has 12 heteroatoms. The van der Waals surface area contributed by atoms with E-state index < -0.39 is 30.5 Å². The van der Waals surface area contributed by atoms with E-state index in [0.717, 1.165) is 16.0 Å². The van der Waals surface area contributed by atoms with Crippen LogP contribution in [0.1, 0.15) is 26.5 Å². The molecular weight excluding hydrogens is 451 g/mol. The molecular formula is C20H17ClF3N5O3. The Morgan fingerprint density at radius 1 is 1.34 bits per heavy atom. The van der Waals surface area contributed by atoms with Gasteiger partial charge in [0.15, 0.2) is 2.82 Å². The van der Waals surface area contributed by atoms with Crippen molar-refractivity contribution < 1.29 is 39.4 Å².